The molecule has 4 nitrogen and oxygen atoms in total. The van der Waals surface area contributed by atoms with Crippen LogP contribution in [-0.4, -0.2) is 42.7 Å². The summed E-state index contributed by atoms with van der Waals surface area (Å²) in [5.41, 5.74) is 12.9. The molecule has 0 aromatic heterocycles. The van der Waals surface area contributed by atoms with Crippen LogP contribution in [0.15, 0.2) is 46.9 Å². The Morgan fingerprint density at radius 1 is 1.10 bits per heavy atom. The molecule has 1 aromatic carbocycles. The number of piperidine rings is 1. The van der Waals surface area contributed by atoms with Gasteiger partial charge in [0, 0.05) is 55.4 Å². The average molecular weight is 408 g/mol. The van der Waals surface area contributed by atoms with Crippen LogP contribution in [0.25, 0.3) is 0 Å². The summed E-state index contributed by atoms with van der Waals surface area (Å²) in [6.07, 6.45) is 4.78. The normalized spacial score (nSPS) is 32.5. The van der Waals surface area contributed by atoms with Gasteiger partial charge in [-0.15, -0.1) is 0 Å². The van der Waals surface area contributed by atoms with Crippen LogP contribution >= 0.6 is 0 Å². The van der Waals surface area contributed by atoms with Crippen molar-refractivity contribution in [3.05, 3.63) is 52.4 Å². The van der Waals surface area contributed by atoms with Crippen molar-refractivity contribution in [2.24, 2.45) is 17.6 Å². The first-order chi connectivity index (χ1) is 14.4. The third-order valence-electron chi connectivity index (χ3n) is 8.28. The van der Waals surface area contributed by atoms with E-state index in [1.807, 2.05) is 0 Å². The van der Waals surface area contributed by atoms with Gasteiger partial charge >= 0.3 is 0 Å². The van der Waals surface area contributed by atoms with E-state index in [-0.39, 0.29) is 5.60 Å². The highest BCUT2D eigenvalue weighted by Crippen LogP contribution is 2.49. The summed E-state index contributed by atoms with van der Waals surface area (Å²) < 4.78 is 6.67. The summed E-state index contributed by atoms with van der Waals surface area (Å²) in [5.74, 6) is 2.03. The van der Waals surface area contributed by atoms with Gasteiger partial charge in [0.05, 0.1) is 0 Å². The van der Waals surface area contributed by atoms with Gasteiger partial charge in [0.25, 0.3) is 0 Å². The Morgan fingerprint density at radius 3 is 2.60 bits per heavy atom. The number of allylic oxidation sites excluding steroid dienone is 4. The molecule has 0 bridgehead atoms. The van der Waals surface area contributed by atoms with E-state index in [1.54, 1.807) is 0 Å². The number of nitrogens with zero attached hydrogens (tertiary/aromatic N) is 2. The van der Waals surface area contributed by atoms with Crippen LogP contribution in [0.4, 0.5) is 5.69 Å². The predicted octanol–water partition coefficient (Wildman–Crippen LogP) is 4.47. The summed E-state index contributed by atoms with van der Waals surface area (Å²) in [4.78, 5) is 5.31. The largest absolute Gasteiger partial charge is 0.490 e. The number of fused-ring (bicyclic) bond motifs is 2. The molecule has 4 aliphatic rings. The number of rotatable bonds is 3. The molecule has 5 rings (SSSR count). The fourth-order valence-corrected chi connectivity index (χ4v) is 6.36. The summed E-state index contributed by atoms with van der Waals surface area (Å²) >= 11 is 0. The molecule has 0 saturated carbocycles. The molecule has 3 aliphatic heterocycles. The predicted molar refractivity (Wildman–Crippen MR) is 123 cm³/mol. The van der Waals surface area contributed by atoms with E-state index in [0.717, 1.165) is 18.7 Å². The van der Waals surface area contributed by atoms with Gasteiger partial charge in [-0.05, 0) is 69.2 Å². The lowest BCUT2D eigenvalue weighted by Crippen LogP contribution is -2.49. The van der Waals surface area contributed by atoms with Crippen molar-refractivity contribution in [1.82, 2.24) is 4.90 Å². The monoisotopic (exact) mass is 407 g/mol. The Bertz CT molecular complexity index is 895. The van der Waals surface area contributed by atoms with Crippen LogP contribution in [0.1, 0.15) is 52.5 Å². The van der Waals surface area contributed by atoms with Gasteiger partial charge in [0.2, 0.25) is 0 Å². The topological polar surface area (TPSA) is 41.7 Å². The minimum atomic E-state index is -0.104. The Hall–Kier alpha value is -1.94. The number of para-hydroxylation sites is 1. The quantitative estimate of drug-likeness (QED) is 0.803. The molecule has 0 radical (unpaired) electrons. The molecular weight excluding hydrogens is 370 g/mol. The van der Waals surface area contributed by atoms with Crippen molar-refractivity contribution >= 4 is 5.69 Å². The van der Waals surface area contributed by atoms with Crippen molar-refractivity contribution in [2.75, 3.05) is 31.1 Å². The number of hydrogen-bond acceptors (Lipinski definition) is 4. The second-order valence-electron chi connectivity index (χ2n) is 10.3. The van der Waals surface area contributed by atoms with Gasteiger partial charge in [-0.2, -0.15) is 0 Å². The molecule has 0 spiro atoms. The van der Waals surface area contributed by atoms with E-state index < -0.39 is 0 Å². The van der Waals surface area contributed by atoms with Crippen molar-refractivity contribution in [2.45, 2.75) is 65.0 Å². The first-order valence-corrected chi connectivity index (χ1v) is 11.8. The molecule has 3 unspecified atom stereocenters. The molecule has 1 aromatic rings. The van der Waals surface area contributed by atoms with E-state index in [4.69, 9.17) is 10.5 Å². The first kappa shape index (κ1) is 20.0. The van der Waals surface area contributed by atoms with Crippen LogP contribution in [0.3, 0.4) is 0 Å². The maximum absolute atomic E-state index is 6.67. The lowest BCUT2D eigenvalue weighted by atomic mass is 9.77. The zero-order valence-electron chi connectivity index (χ0n) is 19.1. The summed E-state index contributed by atoms with van der Waals surface area (Å²) in [7, 11) is 0. The molecule has 4 heteroatoms. The van der Waals surface area contributed by atoms with E-state index in [2.05, 4.69) is 61.8 Å². The van der Waals surface area contributed by atoms with Gasteiger partial charge in [-0.3, -0.25) is 4.90 Å². The molecule has 2 N–H and O–H groups in total. The highest BCUT2D eigenvalue weighted by Gasteiger charge is 2.47. The van der Waals surface area contributed by atoms with Crippen LogP contribution in [0, 0.1) is 11.8 Å². The molecule has 30 heavy (non-hydrogen) atoms. The second kappa shape index (κ2) is 7.33. The molecular formula is C26H37N3O. The van der Waals surface area contributed by atoms with E-state index >= 15 is 0 Å². The minimum Gasteiger partial charge on any atom is -0.490 e. The first-order valence-electron chi connectivity index (χ1n) is 11.8. The molecule has 3 atom stereocenters. The molecule has 3 heterocycles. The zero-order valence-corrected chi connectivity index (χ0v) is 19.1. The lowest BCUT2D eigenvalue weighted by molar-refractivity contribution is 0.0128. The standard InChI is InChI=1S/C26H37N3O/c1-17-18(2)25-22(19(3)24(17)27)15-26(4,30-25)16-28-12-10-21(11-13-28)29-14-9-20-7-5-6-8-23(20)29/h5-8,19,21-22H,9-16,27H2,1-4H3. The summed E-state index contributed by atoms with van der Waals surface area (Å²) in [5, 5.41) is 0. The van der Waals surface area contributed by atoms with Crippen LogP contribution in [-0.2, 0) is 11.2 Å². The average Bonchev–Trinajstić information content (AvgIpc) is 3.33. The van der Waals surface area contributed by atoms with Crippen molar-refractivity contribution in [1.29, 1.82) is 0 Å². The number of ether oxygens (including phenoxy) is 1. The fraction of sp³-hybridized carbons (Fsp3) is 0.615. The van der Waals surface area contributed by atoms with Gasteiger partial charge in [-0.1, -0.05) is 25.1 Å². The highest BCUT2D eigenvalue weighted by atomic mass is 16.5. The number of hydrogen-bond donors (Lipinski definition) is 1. The Kier molecular flexibility index (Phi) is 4.89. The Balaban J connectivity index is 1.22. The maximum Gasteiger partial charge on any atom is 0.119 e. The molecule has 1 aliphatic carbocycles. The van der Waals surface area contributed by atoms with Gasteiger partial charge < -0.3 is 15.4 Å². The minimum absolute atomic E-state index is 0.104. The second-order valence-corrected chi connectivity index (χ2v) is 10.3. The van der Waals surface area contributed by atoms with Gasteiger partial charge in [0.15, 0.2) is 0 Å². The number of benzene rings is 1. The molecule has 2 saturated heterocycles. The Morgan fingerprint density at radius 2 is 1.83 bits per heavy atom. The fourth-order valence-electron chi connectivity index (χ4n) is 6.36. The third kappa shape index (κ3) is 3.24. The smallest absolute Gasteiger partial charge is 0.119 e. The third-order valence-corrected chi connectivity index (χ3v) is 8.28. The van der Waals surface area contributed by atoms with Crippen molar-refractivity contribution in [3.8, 4) is 0 Å². The highest BCUT2D eigenvalue weighted by molar-refractivity contribution is 5.58. The van der Waals surface area contributed by atoms with E-state index in [0.29, 0.717) is 17.9 Å². The van der Waals surface area contributed by atoms with Gasteiger partial charge in [-0.25, -0.2) is 0 Å². The lowest BCUT2D eigenvalue weighted by Gasteiger charge is -2.40. The maximum atomic E-state index is 6.67. The summed E-state index contributed by atoms with van der Waals surface area (Å²) in [6, 6.07) is 9.64. The summed E-state index contributed by atoms with van der Waals surface area (Å²) in [6.45, 7) is 13.4. The molecule has 2 fully saturated rings. The van der Waals surface area contributed by atoms with Crippen LogP contribution in [0.2, 0.25) is 0 Å². The van der Waals surface area contributed by atoms with Crippen molar-refractivity contribution < 1.29 is 4.74 Å². The van der Waals surface area contributed by atoms with E-state index in [9.17, 15) is 0 Å². The number of nitrogens with two attached hydrogens (primary N) is 1. The zero-order chi connectivity index (χ0) is 21.0. The van der Waals surface area contributed by atoms with Crippen LogP contribution in [0.5, 0.6) is 0 Å². The SMILES string of the molecule is CC1=C(N)C(C)C2CC(C)(CN3CCC(N4CCc5ccccc54)CC3)OC2=C1C. The van der Waals surface area contributed by atoms with Crippen molar-refractivity contribution in [3.63, 3.8) is 0 Å². The van der Waals surface area contributed by atoms with Gasteiger partial charge in [0.1, 0.15) is 11.4 Å². The number of anilines is 1. The molecule has 0 amide bonds. The Labute approximate surface area is 181 Å². The van der Waals surface area contributed by atoms with Crippen LogP contribution < -0.4 is 10.6 Å². The molecule has 162 valence electrons. The van der Waals surface area contributed by atoms with E-state index in [1.165, 1.54) is 67.1 Å². The number of likely N-dealkylation sites (tertiary alicyclic amines) is 1.